The summed E-state index contributed by atoms with van der Waals surface area (Å²) in [7, 11) is -3.87. The topological polar surface area (TPSA) is 72.2 Å². The van der Waals surface area contributed by atoms with Crippen LogP contribution in [-0.2, 0) is 10.0 Å². The Bertz CT molecular complexity index is 645. The molecular weight excluding hydrogens is 291 g/mol. The quantitative estimate of drug-likeness (QED) is 0.815. The van der Waals surface area contributed by atoms with Gasteiger partial charge in [-0.1, -0.05) is 25.7 Å². The van der Waals surface area contributed by atoms with Crippen molar-refractivity contribution in [3.63, 3.8) is 0 Å². The van der Waals surface area contributed by atoms with Gasteiger partial charge < -0.3 is 5.73 Å². The van der Waals surface area contributed by atoms with Crippen LogP contribution in [-0.4, -0.2) is 21.0 Å². The van der Waals surface area contributed by atoms with E-state index in [2.05, 4.69) is 16.6 Å². The van der Waals surface area contributed by atoms with Gasteiger partial charge in [-0.25, -0.2) is 17.5 Å². The predicted octanol–water partition coefficient (Wildman–Crippen LogP) is 1.85. The molecule has 0 bridgehead atoms. The van der Waals surface area contributed by atoms with Crippen LogP contribution in [0.1, 0.15) is 32.8 Å². The standard InChI is InChI=1S/C15H21FN2O2S/c1-11(2)9-12(3)18-21(19,20)15-7-6-13(5-4-8-17)10-14(15)16/h6-7,10-12,18H,8-9,17H2,1-3H3. The smallest absolute Gasteiger partial charge is 0.243 e. The van der Waals surface area contributed by atoms with Gasteiger partial charge in [-0.2, -0.15) is 0 Å². The van der Waals surface area contributed by atoms with Gasteiger partial charge in [0, 0.05) is 11.6 Å². The second kappa shape index (κ2) is 7.55. The summed E-state index contributed by atoms with van der Waals surface area (Å²) in [4.78, 5) is -0.364. The maximum atomic E-state index is 14.0. The Morgan fingerprint density at radius 3 is 2.52 bits per heavy atom. The lowest BCUT2D eigenvalue weighted by atomic mass is 10.1. The van der Waals surface area contributed by atoms with Crippen LogP contribution < -0.4 is 10.5 Å². The van der Waals surface area contributed by atoms with Crippen molar-refractivity contribution in [3.05, 3.63) is 29.6 Å². The van der Waals surface area contributed by atoms with E-state index in [0.29, 0.717) is 17.9 Å². The third-order valence-corrected chi connectivity index (χ3v) is 4.36. The minimum absolute atomic E-state index is 0.163. The molecule has 1 rings (SSSR count). The van der Waals surface area contributed by atoms with Gasteiger partial charge in [0.15, 0.2) is 0 Å². The van der Waals surface area contributed by atoms with E-state index in [-0.39, 0.29) is 17.5 Å². The maximum absolute atomic E-state index is 14.0. The van der Waals surface area contributed by atoms with Crippen LogP contribution in [0.2, 0.25) is 0 Å². The van der Waals surface area contributed by atoms with Crippen LogP contribution in [0.5, 0.6) is 0 Å². The first-order chi connectivity index (χ1) is 9.76. The fourth-order valence-electron chi connectivity index (χ4n) is 2.03. The van der Waals surface area contributed by atoms with Crippen molar-refractivity contribution in [2.75, 3.05) is 6.54 Å². The molecule has 1 aromatic carbocycles. The molecule has 4 nitrogen and oxygen atoms in total. The number of nitrogens with one attached hydrogen (secondary N) is 1. The molecule has 0 amide bonds. The highest BCUT2D eigenvalue weighted by molar-refractivity contribution is 7.89. The van der Waals surface area contributed by atoms with E-state index in [0.717, 1.165) is 6.07 Å². The van der Waals surface area contributed by atoms with E-state index in [4.69, 9.17) is 5.73 Å². The van der Waals surface area contributed by atoms with E-state index < -0.39 is 15.8 Å². The summed E-state index contributed by atoms with van der Waals surface area (Å²) in [6, 6.07) is 3.53. The summed E-state index contributed by atoms with van der Waals surface area (Å²) in [6.07, 6.45) is 0.681. The van der Waals surface area contributed by atoms with Crippen molar-refractivity contribution in [3.8, 4) is 11.8 Å². The Balaban J connectivity index is 2.98. The number of benzene rings is 1. The molecule has 1 atom stereocenters. The number of sulfonamides is 1. The molecule has 0 heterocycles. The predicted molar refractivity (Wildman–Crippen MR) is 81.6 cm³/mol. The second-order valence-electron chi connectivity index (χ2n) is 5.30. The van der Waals surface area contributed by atoms with Crippen LogP contribution in [0, 0.1) is 23.6 Å². The number of rotatable bonds is 5. The molecule has 21 heavy (non-hydrogen) atoms. The SMILES string of the molecule is CC(C)CC(C)NS(=O)(=O)c1ccc(C#CCN)cc1F. The molecule has 0 aliphatic rings. The summed E-state index contributed by atoms with van der Waals surface area (Å²) in [5, 5.41) is 0. The molecule has 0 saturated carbocycles. The van der Waals surface area contributed by atoms with Crippen molar-refractivity contribution in [1.29, 1.82) is 0 Å². The van der Waals surface area contributed by atoms with Gasteiger partial charge in [-0.05, 0) is 37.5 Å². The summed E-state index contributed by atoms with van der Waals surface area (Å²) in [5.41, 5.74) is 5.63. The van der Waals surface area contributed by atoms with E-state index >= 15 is 0 Å². The fraction of sp³-hybridized carbons (Fsp3) is 0.467. The Morgan fingerprint density at radius 2 is 2.00 bits per heavy atom. The normalized spacial score (nSPS) is 12.9. The molecule has 1 aromatic rings. The number of halogens is 1. The fourth-order valence-corrected chi connectivity index (χ4v) is 3.35. The van der Waals surface area contributed by atoms with Crippen molar-refractivity contribution < 1.29 is 12.8 Å². The molecule has 6 heteroatoms. The Labute approximate surface area is 126 Å². The third kappa shape index (κ3) is 5.46. The van der Waals surface area contributed by atoms with Gasteiger partial charge >= 0.3 is 0 Å². The third-order valence-electron chi connectivity index (χ3n) is 2.74. The average Bonchev–Trinajstić information content (AvgIpc) is 2.34. The molecule has 1 unspecified atom stereocenters. The first-order valence-corrected chi connectivity index (χ1v) is 8.25. The second-order valence-corrected chi connectivity index (χ2v) is 6.99. The molecular formula is C15H21FN2O2S. The molecule has 0 radical (unpaired) electrons. The van der Waals surface area contributed by atoms with Crippen molar-refractivity contribution in [2.24, 2.45) is 11.7 Å². The first-order valence-electron chi connectivity index (χ1n) is 6.77. The summed E-state index contributed by atoms with van der Waals surface area (Å²) >= 11 is 0. The van der Waals surface area contributed by atoms with Gasteiger partial charge in [0.25, 0.3) is 0 Å². The van der Waals surface area contributed by atoms with Crippen molar-refractivity contribution >= 4 is 10.0 Å². The number of nitrogens with two attached hydrogens (primary N) is 1. The maximum Gasteiger partial charge on any atom is 0.243 e. The van der Waals surface area contributed by atoms with Crippen molar-refractivity contribution in [2.45, 2.75) is 38.1 Å². The van der Waals surface area contributed by atoms with Crippen LogP contribution >= 0.6 is 0 Å². The molecule has 0 spiro atoms. The van der Waals surface area contributed by atoms with Gasteiger partial charge in [0.05, 0.1) is 6.54 Å². The van der Waals surface area contributed by atoms with Crippen LogP contribution in [0.4, 0.5) is 4.39 Å². The highest BCUT2D eigenvalue weighted by atomic mass is 32.2. The lowest BCUT2D eigenvalue weighted by molar-refractivity contribution is 0.480. The van der Waals surface area contributed by atoms with Crippen LogP contribution in [0.25, 0.3) is 0 Å². The van der Waals surface area contributed by atoms with Crippen LogP contribution in [0.15, 0.2) is 23.1 Å². The Morgan fingerprint density at radius 1 is 1.33 bits per heavy atom. The largest absolute Gasteiger partial charge is 0.320 e. The highest BCUT2D eigenvalue weighted by Gasteiger charge is 2.21. The van der Waals surface area contributed by atoms with E-state index in [1.54, 1.807) is 6.92 Å². The van der Waals surface area contributed by atoms with Crippen molar-refractivity contribution in [1.82, 2.24) is 4.72 Å². The monoisotopic (exact) mass is 312 g/mol. The lowest BCUT2D eigenvalue weighted by Gasteiger charge is -2.16. The van der Waals surface area contributed by atoms with E-state index in [1.165, 1.54) is 12.1 Å². The lowest BCUT2D eigenvalue weighted by Crippen LogP contribution is -2.34. The average molecular weight is 312 g/mol. The summed E-state index contributed by atoms with van der Waals surface area (Å²) in [5.74, 6) is 4.78. The van der Waals surface area contributed by atoms with Gasteiger partial charge in [-0.15, -0.1) is 0 Å². The Kier molecular flexibility index (Phi) is 6.34. The number of hydrogen-bond acceptors (Lipinski definition) is 3. The van der Waals surface area contributed by atoms with Gasteiger partial charge in [-0.3, -0.25) is 0 Å². The number of hydrogen-bond donors (Lipinski definition) is 2. The highest BCUT2D eigenvalue weighted by Crippen LogP contribution is 2.17. The van der Waals surface area contributed by atoms with E-state index in [1.807, 2.05) is 13.8 Å². The Hall–Kier alpha value is -1.42. The zero-order chi connectivity index (χ0) is 16.0. The van der Waals surface area contributed by atoms with E-state index in [9.17, 15) is 12.8 Å². The summed E-state index contributed by atoms with van der Waals surface area (Å²) < 4.78 is 40.8. The molecule has 116 valence electrons. The zero-order valence-corrected chi connectivity index (χ0v) is 13.3. The summed E-state index contributed by atoms with van der Waals surface area (Å²) in [6.45, 7) is 5.92. The van der Waals surface area contributed by atoms with Gasteiger partial charge in [0.2, 0.25) is 10.0 Å². The zero-order valence-electron chi connectivity index (χ0n) is 12.5. The molecule has 0 aromatic heterocycles. The minimum Gasteiger partial charge on any atom is -0.320 e. The molecule has 0 fully saturated rings. The first kappa shape index (κ1) is 17.6. The molecule has 0 aliphatic carbocycles. The minimum atomic E-state index is -3.87. The molecule has 3 N–H and O–H groups in total. The van der Waals surface area contributed by atoms with Gasteiger partial charge in [0.1, 0.15) is 10.7 Å². The molecule has 0 aliphatic heterocycles. The van der Waals surface area contributed by atoms with Crippen LogP contribution in [0.3, 0.4) is 0 Å². The molecule has 0 saturated heterocycles.